The summed E-state index contributed by atoms with van der Waals surface area (Å²) >= 11 is 0. The number of amides is 2. The van der Waals surface area contributed by atoms with Gasteiger partial charge in [0.2, 0.25) is 0 Å². The Hall–Kier alpha value is -2.70. The first kappa shape index (κ1) is 15.7. The third-order valence-corrected chi connectivity index (χ3v) is 2.95. The zero-order valence-corrected chi connectivity index (χ0v) is 12.5. The van der Waals surface area contributed by atoms with Gasteiger partial charge < -0.3 is 4.74 Å². The predicted molar refractivity (Wildman–Crippen MR) is 79.0 cm³/mol. The van der Waals surface area contributed by atoms with Crippen LogP contribution in [0.3, 0.4) is 0 Å². The van der Waals surface area contributed by atoms with Gasteiger partial charge in [-0.1, -0.05) is 12.1 Å². The maximum Gasteiger partial charge on any atom is 0.417 e. The molecule has 1 heterocycles. The van der Waals surface area contributed by atoms with Crippen LogP contribution in [0.25, 0.3) is 5.57 Å². The first-order chi connectivity index (χ1) is 10.2. The highest BCUT2D eigenvalue weighted by Crippen LogP contribution is 2.30. The van der Waals surface area contributed by atoms with Crippen molar-refractivity contribution in [1.82, 2.24) is 4.90 Å². The standard InChI is InChI=1S/C15H16N2O5/c1-15(2,3)22-14(19)16-9-10(8-13(16)18)11-6-4-5-7-12(11)17(20)21/h4-8H,9H2,1-3H3. The van der Waals surface area contributed by atoms with Crippen LogP contribution < -0.4 is 0 Å². The van der Waals surface area contributed by atoms with Crippen molar-refractivity contribution in [3.8, 4) is 0 Å². The number of rotatable bonds is 2. The first-order valence-corrected chi connectivity index (χ1v) is 6.68. The molecule has 0 aromatic heterocycles. The summed E-state index contributed by atoms with van der Waals surface area (Å²) in [5.74, 6) is -0.539. The molecule has 0 aliphatic carbocycles. The van der Waals surface area contributed by atoms with Crippen LogP contribution in [0.4, 0.5) is 10.5 Å². The van der Waals surface area contributed by atoms with Gasteiger partial charge in [-0.25, -0.2) is 9.69 Å². The van der Waals surface area contributed by atoms with Crippen LogP contribution in [0.2, 0.25) is 0 Å². The van der Waals surface area contributed by atoms with E-state index in [1.54, 1.807) is 39.0 Å². The topological polar surface area (TPSA) is 89.8 Å². The second kappa shape index (κ2) is 5.59. The lowest BCUT2D eigenvalue weighted by atomic mass is 10.1. The molecule has 0 N–H and O–H groups in total. The molecule has 0 saturated heterocycles. The summed E-state index contributed by atoms with van der Waals surface area (Å²) in [6.45, 7) is 5.05. The number of ether oxygens (including phenoxy) is 1. The summed E-state index contributed by atoms with van der Waals surface area (Å²) in [4.78, 5) is 35.4. The number of carbonyl (C=O) groups is 2. The van der Waals surface area contributed by atoms with Gasteiger partial charge >= 0.3 is 6.09 Å². The highest BCUT2D eigenvalue weighted by atomic mass is 16.6. The Bertz CT molecular complexity index is 673. The minimum absolute atomic E-state index is 0.0431. The van der Waals surface area contributed by atoms with Crippen molar-refractivity contribution >= 4 is 23.3 Å². The van der Waals surface area contributed by atoms with Crippen molar-refractivity contribution in [2.75, 3.05) is 6.54 Å². The molecule has 22 heavy (non-hydrogen) atoms. The molecule has 0 fully saturated rings. The van der Waals surface area contributed by atoms with Gasteiger partial charge in [-0.2, -0.15) is 0 Å². The molecule has 1 aliphatic rings. The van der Waals surface area contributed by atoms with E-state index in [9.17, 15) is 19.7 Å². The molecular formula is C15H16N2O5. The smallest absolute Gasteiger partial charge is 0.417 e. The highest BCUT2D eigenvalue weighted by molar-refractivity contribution is 6.08. The second-order valence-electron chi connectivity index (χ2n) is 5.85. The van der Waals surface area contributed by atoms with Crippen LogP contribution in [0.15, 0.2) is 30.3 Å². The van der Waals surface area contributed by atoms with Crippen molar-refractivity contribution in [2.24, 2.45) is 0 Å². The zero-order chi connectivity index (χ0) is 16.5. The van der Waals surface area contributed by atoms with Gasteiger partial charge in [-0.3, -0.25) is 14.9 Å². The summed E-state index contributed by atoms with van der Waals surface area (Å²) in [6.07, 6.45) is 0.467. The van der Waals surface area contributed by atoms with Gasteiger partial charge in [0, 0.05) is 12.1 Å². The van der Waals surface area contributed by atoms with Crippen LogP contribution in [-0.2, 0) is 9.53 Å². The first-order valence-electron chi connectivity index (χ1n) is 6.68. The molecule has 116 valence electrons. The average molecular weight is 304 g/mol. The molecule has 1 aromatic rings. The maximum absolute atomic E-state index is 12.0. The number of carbonyl (C=O) groups excluding carboxylic acids is 2. The molecule has 2 rings (SSSR count). The van der Waals surface area contributed by atoms with Crippen LogP contribution in [0, 0.1) is 10.1 Å². The second-order valence-corrected chi connectivity index (χ2v) is 5.85. The lowest BCUT2D eigenvalue weighted by Gasteiger charge is -2.23. The molecule has 7 heteroatoms. The van der Waals surface area contributed by atoms with E-state index in [2.05, 4.69) is 0 Å². The van der Waals surface area contributed by atoms with E-state index < -0.39 is 22.5 Å². The molecule has 0 radical (unpaired) electrons. The van der Waals surface area contributed by atoms with Crippen LogP contribution in [0.1, 0.15) is 26.3 Å². The Morgan fingerprint density at radius 1 is 1.32 bits per heavy atom. The molecule has 0 bridgehead atoms. The van der Waals surface area contributed by atoms with Crippen LogP contribution in [-0.4, -0.2) is 34.0 Å². The zero-order valence-electron chi connectivity index (χ0n) is 12.5. The summed E-state index contributed by atoms with van der Waals surface area (Å²) in [5.41, 5.74) is -0.0820. The molecule has 1 aromatic carbocycles. The summed E-state index contributed by atoms with van der Waals surface area (Å²) in [6, 6.07) is 6.10. The molecule has 7 nitrogen and oxygen atoms in total. The number of hydrogen-bond donors (Lipinski definition) is 0. The molecule has 0 spiro atoms. The monoisotopic (exact) mass is 304 g/mol. The number of benzene rings is 1. The number of para-hydroxylation sites is 1. The minimum Gasteiger partial charge on any atom is -0.443 e. The largest absolute Gasteiger partial charge is 0.443 e. The van der Waals surface area contributed by atoms with E-state index in [0.717, 1.165) is 4.90 Å². The number of nitrogens with zero attached hydrogens (tertiary/aromatic N) is 2. The Morgan fingerprint density at radius 3 is 2.55 bits per heavy atom. The molecular weight excluding hydrogens is 288 g/mol. The molecule has 0 saturated carbocycles. The fourth-order valence-corrected chi connectivity index (χ4v) is 2.06. The van der Waals surface area contributed by atoms with Gasteiger partial charge in [0.05, 0.1) is 17.0 Å². The fourth-order valence-electron chi connectivity index (χ4n) is 2.06. The third-order valence-electron chi connectivity index (χ3n) is 2.95. The summed E-state index contributed by atoms with van der Waals surface area (Å²) in [5, 5.41) is 11.1. The van der Waals surface area contributed by atoms with Gasteiger partial charge in [0.1, 0.15) is 5.60 Å². The van der Waals surface area contributed by atoms with Gasteiger partial charge in [0.15, 0.2) is 0 Å². The normalized spacial score (nSPS) is 14.8. The number of imide groups is 1. The Kier molecular flexibility index (Phi) is 3.99. The van der Waals surface area contributed by atoms with Gasteiger partial charge in [-0.15, -0.1) is 0 Å². The number of nitro groups is 1. The SMILES string of the molecule is CC(C)(C)OC(=O)N1CC(c2ccccc2[N+](=O)[O-])=CC1=O. The van der Waals surface area contributed by atoms with Crippen molar-refractivity contribution in [1.29, 1.82) is 0 Å². The van der Waals surface area contributed by atoms with Crippen LogP contribution >= 0.6 is 0 Å². The van der Waals surface area contributed by atoms with Crippen molar-refractivity contribution < 1.29 is 19.2 Å². The lowest BCUT2D eigenvalue weighted by molar-refractivity contribution is -0.385. The van der Waals surface area contributed by atoms with E-state index in [0.29, 0.717) is 11.1 Å². The molecule has 2 amide bonds. The Balaban J connectivity index is 2.24. The predicted octanol–water partition coefficient (Wildman–Crippen LogP) is 2.76. The lowest BCUT2D eigenvalue weighted by Crippen LogP contribution is -2.38. The van der Waals surface area contributed by atoms with Crippen molar-refractivity contribution in [3.05, 3.63) is 46.0 Å². The van der Waals surface area contributed by atoms with Gasteiger partial charge in [-0.05, 0) is 32.4 Å². The van der Waals surface area contributed by atoms with E-state index in [-0.39, 0.29) is 12.2 Å². The minimum atomic E-state index is -0.762. The average Bonchev–Trinajstić information content (AvgIpc) is 2.79. The summed E-state index contributed by atoms with van der Waals surface area (Å²) in [7, 11) is 0. The quantitative estimate of drug-likeness (QED) is 0.619. The third kappa shape index (κ3) is 3.30. The fraction of sp³-hybridized carbons (Fsp3) is 0.333. The van der Waals surface area contributed by atoms with Crippen molar-refractivity contribution in [3.63, 3.8) is 0 Å². The van der Waals surface area contributed by atoms with E-state index in [4.69, 9.17) is 4.74 Å². The van der Waals surface area contributed by atoms with Crippen molar-refractivity contribution in [2.45, 2.75) is 26.4 Å². The Labute approximate surface area is 127 Å². The summed E-state index contributed by atoms with van der Waals surface area (Å²) < 4.78 is 5.15. The van der Waals surface area contributed by atoms with E-state index in [1.807, 2.05) is 0 Å². The molecule has 1 aliphatic heterocycles. The van der Waals surface area contributed by atoms with Gasteiger partial charge in [0.25, 0.3) is 11.6 Å². The Morgan fingerprint density at radius 2 is 1.95 bits per heavy atom. The maximum atomic E-state index is 12.0. The van der Waals surface area contributed by atoms with Crippen LogP contribution in [0.5, 0.6) is 0 Å². The number of nitro benzene ring substituents is 1. The van der Waals surface area contributed by atoms with E-state index >= 15 is 0 Å². The van der Waals surface area contributed by atoms with E-state index in [1.165, 1.54) is 12.1 Å². The molecule has 0 unspecified atom stereocenters. The molecule has 0 atom stereocenters. The highest BCUT2D eigenvalue weighted by Gasteiger charge is 2.33. The number of hydrogen-bond acceptors (Lipinski definition) is 5.